The summed E-state index contributed by atoms with van der Waals surface area (Å²) in [6, 6.07) is 6.18. The van der Waals surface area contributed by atoms with Crippen molar-refractivity contribution in [3.63, 3.8) is 0 Å². The molecule has 2 aromatic heterocycles. The average Bonchev–Trinajstić information content (AvgIpc) is 3.27. The molecule has 0 aliphatic carbocycles. The van der Waals surface area contributed by atoms with Crippen LogP contribution in [0.1, 0.15) is 5.76 Å². The standard InChI is InChI=1S/C18H8F2N2O4S2/c19-18(20)25-12-2-1-8(4-13(12)26-18)11-7-21-6-9-3-10(24-15(9)11)5-14-16(23)22-17(27)28-14/h1-7H,(H,22,23,27)/b14-5-. The van der Waals surface area contributed by atoms with Crippen LogP contribution in [0.3, 0.4) is 0 Å². The Hall–Kier alpha value is -2.98. The highest BCUT2D eigenvalue weighted by Crippen LogP contribution is 2.44. The normalized spacial score (nSPS) is 18.9. The Morgan fingerprint density at radius 3 is 2.79 bits per heavy atom. The van der Waals surface area contributed by atoms with Crippen LogP contribution in [-0.2, 0) is 4.79 Å². The van der Waals surface area contributed by atoms with Crippen LogP contribution >= 0.6 is 24.0 Å². The Bertz CT molecular complexity index is 1210. The Morgan fingerprint density at radius 1 is 1.18 bits per heavy atom. The first-order valence-electron chi connectivity index (χ1n) is 7.91. The van der Waals surface area contributed by atoms with E-state index in [2.05, 4.69) is 19.8 Å². The first kappa shape index (κ1) is 17.1. The number of pyridine rings is 1. The number of alkyl halides is 2. The van der Waals surface area contributed by atoms with Crippen molar-refractivity contribution in [2.75, 3.05) is 0 Å². The molecular weight excluding hydrogens is 410 g/mol. The molecule has 0 atom stereocenters. The monoisotopic (exact) mass is 418 g/mol. The molecule has 0 saturated carbocycles. The second-order valence-corrected chi connectivity index (χ2v) is 7.65. The van der Waals surface area contributed by atoms with Gasteiger partial charge in [-0.15, -0.1) is 8.78 Å². The van der Waals surface area contributed by atoms with Gasteiger partial charge in [-0.05, 0) is 23.8 Å². The van der Waals surface area contributed by atoms with Gasteiger partial charge in [0, 0.05) is 29.4 Å². The predicted molar refractivity (Wildman–Crippen MR) is 102 cm³/mol. The number of nitrogens with one attached hydrogen (secondary N) is 1. The number of hydrogen-bond donors (Lipinski definition) is 1. The second-order valence-electron chi connectivity index (χ2n) is 5.94. The highest BCUT2D eigenvalue weighted by Gasteiger charge is 2.43. The van der Waals surface area contributed by atoms with E-state index in [1.807, 2.05) is 0 Å². The molecule has 10 heteroatoms. The van der Waals surface area contributed by atoms with Crippen molar-refractivity contribution in [2.45, 2.75) is 6.29 Å². The van der Waals surface area contributed by atoms with Gasteiger partial charge in [0.2, 0.25) is 0 Å². The average molecular weight is 418 g/mol. The van der Waals surface area contributed by atoms with E-state index in [1.165, 1.54) is 12.1 Å². The number of aromatic nitrogens is 1. The fraction of sp³-hybridized carbons (Fsp3) is 0.0556. The topological polar surface area (TPSA) is 73.6 Å². The summed E-state index contributed by atoms with van der Waals surface area (Å²) in [7, 11) is 0. The number of halogens is 2. The van der Waals surface area contributed by atoms with Crippen LogP contribution in [-0.4, -0.2) is 21.5 Å². The summed E-state index contributed by atoms with van der Waals surface area (Å²) in [4.78, 5) is 16.4. The third-order valence-corrected chi connectivity index (χ3v) is 5.23. The lowest BCUT2D eigenvalue weighted by Crippen LogP contribution is -2.25. The smallest absolute Gasteiger partial charge is 0.456 e. The zero-order chi connectivity index (χ0) is 19.5. The lowest BCUT2D eigenvalue weighted by Gasteiger charge is -2.04. The van der Waals surface area contributed by atoms with Crippen LogP contribution in [0.25, 0.3) is 28.2 Å². The maximum absolute atomic E-state index is 13.3. The summed E-state index contributed by atoms with van der Waals surface area (Å²) in [5.74, 6) is 0.0457. The zero-order valence-corrected chi connectivity index (χ0v) is 15.3. The van der Waals surface area contributed by atoms with Crippen LogP contribution < -0.4 is 14.8 Å². The molecule has 1 N–H and O–H groups in total. The number of nitrogens with zero attached hydrogens (tertiary/aromatic N) is 1. The number of carbonyl (C=O) groups is 1. The van der Waals surface area contributed by atoms with E-state index in [0.29, 0.717) is 37.1 Å². The predicted octanol–water partition coefficient (Wildman–Crippen LogP) is 4.31. The molecule has 1 fully saturated rings. The van der Waals surface area contributed by atoms with E-state index >= 15 is 0 Å². The number of carbonyl (C=O) groups excluding carboxylic acids is 1. The van der Waals surface area contributed by atoms with Crippen LogP contribution in [0.15, 0.2) is 46.0 Å². The number of thioether (sulfide) groups is 1. The quantitative estimate of drug-likeness (QED) is 0.491. The van der Waals surface area contributed by atoms with Crippen molar-refractivity contribution < 1.29 is 27.5 Å². The number of hydrogen-bond acceptors (Lipinski definition) is 7. The van der Waals surface area contributed by atoms with E-state index < -0.39 is 6.29 Å². The first-order valence-corrected chi connectivity index (χ1v) is 9.13. The zero-order valence-electron chi connectivity index (χ0n) is 13.7. The molecule has 2 aliphatic rings. The SMILES string of the molecule is O=C1NC(=S)S/C1=C\c1cc2cncc(-c3ccc4c(c3)OC(F)(F)O4)c2o1. The molecule has 2 aliphatic heterocycles. The van der Waals surface area contributed by atoms with Crippen molar-refractivity contribution in [1.29, 1.82) is 0 Å². The summed E-state index contributed by atoms with van der Waals surface area (Å²) in [5, 5.41) is 3.23. The number of rotatable bonds is 2. The maximum atomic E-state index is 13.3. The fourth-order valence-corrected chi connectivity index (χ4v) is 3.95. The molecule has 0 radical (unpaired) electrons. The summed E-state index contributed by atoms with van der Waals surface area (Å²) in [6.45, 7) is 0. The van der Waals surface area contributed by atoms with Crippen LogP contribution in [0.4, 0.5) is 8.78 Å². The van der Waals surface area contributed by atoms with Crippen LogP contribution in [0.2, 0.25) is 0 Å². The minimum absolute atomic E-state index is 0.0426. The Labute approximate surface area is 165 Å². The highest BCUT2D eigenvalue weighted by molar-refractivity contribution is 8.26. The van der Waals surface area contributed by atoms with Gasteiger partial charge < -0.3 is 19.2 Å². The number of thiocarbonyl (C=S) groups is 1. The van der Waals surface area contributed by atoms with Crippen LogP contribution in [0.5, 0.6) is 11.5 Å². The van der Waals surface area contributed by atoms with Crippen molar-refractivity contribution in [3.05, 3.63) is 47.3 Å². The van der Waals surface area contributed by atoms with E-state index in [9.17, 15) is 13.6 Å². The maximum Gasteiger partial charge on any atom is 0.586 e. The molecule has 1 saturated heterocycles. The molecule has 1 amide bonds. The van der Waals surface area contributed by atoms with Crippen LogP contribution in [0, 0.1) is 0 Å². The molecule has 3 aromatic rings. The Morgan fingerprint density at radius 2 is 2.00 bits per heavy atom. The van der Waals surface area contributed by atoms with Gasteiger partial charge in [0.1, 0.15) is 15.7 Å². The molecule has 0 spiro atoms. The molecule has 5 rings (SSSR count). The molecule has 1 aromatic carbocycles. The summed E-state index contributed by atoms with van der Waals surface area (Å²) < 4.78 is 41.7. The van der Waals surface area contributed by atoms with Crippen molar-refractivity contribution in [2.24, 2.45) is 0 Å². The van der Waals surface area contributed by atoms with Gasteiger partial charge in [0.25, 0.3) is 5.91 Å². The molecule has 28 heavy (non-hydrogen) atoms. The fourth-order valence-electron chi connectivity index (χ4n) is 2.93. The van der Waals surface area contributed by atoms with E-state index in [1.54, 1.807) is 30.6 Å². The minimum atomic E-state index is -3.69. The van der Waals surface area contributed by atoms with E-state index in [4.69, 9.17) is 16.6 Å². The Kier molecular flexibility index (Phi) is 3.68. The van der Waals surface area contributed by atoms with Gasteiger partial charge in [0.15, 0.2) is 11.5 Å². The highest BCUT2D eigenvalue weighted by atomic mass is 32.2. The van der Waals surface area contributed by atoms with E-state index in [0.717, 1.165) is 11.8 Å². The van der Waals surface area contributed by atoms with Gasteiger partial charge in [-0.1, -0.05) is 30.0 Å². The van der Waals surface area contributed by atoms with Gasteiger partial charge in [-0.25, -0.2) is 0 Å². The van der Waals surface area contributed by atoms with Gasteiger partial charge >= 0.3 is 6.29 Å². The number of fused-ring (bicyclic) bond motifs is 2. The number of benzene rings is 1. The molecular formula is C18H8F2N2O4S2. The van der Waals surface area contributed by atoms with Crippen molar-refractivity contribution in [3.8, 4) is 22.6 Å². The molecule has 0 bridgehead atoms. The largest absolute Gasteiger partial charge is 0.586 e. The van der Waals surface area contributed by atoms with Crippen molar-refractivity contribution >= 4 is 51.3 Å². The minimum Gasteiger partial charge on any atom is -0.456 e. The summed E-state index contributed by atoms with van der Waals surface area (Å²) in [5.41, 5.74) is 1.65. The second kappa shape index (κ2) is 6.01. The van der Waals surface area contributed by atoms with Crippen molar-refractivity contribution in [1.82, 2.24) is 10.3 Å². The number of amides is 1. The number of ether oxygens (including phenoxy) is 2. The number of furan rings is 1. The molecule has 140 valence electrons. The van der Waals surface area contributed by atoms with E-state index in [-0.39, 0.29) is 17.4 Å². The summed E-state index contributed by atoms with van der Waals surface area (Å²) >= 11 is 6.11. The lowest BCUT2D eigenvalue weighted by molar-refractivity contribution is -0.286. The third kappa shape index (κ3) is 2.90. The Balaban J connectivity index is 1.57. The third-order valence-electron chi connectivity index (χ3n) is 4.07. The van der Waals surface area contributed by atoms with Gasteiger partial charge in [-0.3, -0.25) is 9.78 Å². The summed E-state index contributed by atoms with van der Waals surface area (Å²) in [6.07, 6.45) is 1.07. The first-order chi connectivity index (χ1) is 13.4. The molecule has 4 heterocycles. The lowest BCUT2D eigenvalue weighted by atomic mass is 10.1. The van der Waals surface area contributed by atoms with Gasteiger partial charge in [-0.2, -0.15) is 0 Å². The molecule has 0 unspecified atom stereocenters. The van der Waals surface area contributed by atoms with Gasteiger partial charge in [0.05, 0.1) is 4.91 Å². The molecule has 6 nitrogen and oxygen atoms in total.